The monoisotopic (exact) mass is 1760 g/mol. The number of quaternary nitrogens is 5. The van der Waals surface area contributed by atoms with Crippen molar-refractivity contribution in [2.75, 3.05) is 418 Å². The molecule has 29 nitrogen and oxygen atoms in total. The van der Waals surface area contributed by atoms with E-state index in [1.807, 2.05) is 78.9 Å². The van der Waals surface area contributed by atoms with Crippen molar-refractivity contribution in [1.82, 2.24) is 14.7 Å². The average Bonchev–Trinajstić information content (AvgIpc) is 1.83. The highest BCUT2D eigenvalue weighted by atomic mass is 16.5. The lowest BCUT2D eigenvalue weighted by Crippen LogP contribution is -2.55. The van der Waals surface area contributed by atoms with E-state index in [1.165, 1.54) is 153 Å². The van der Waals surface area contributed by atoms with Gasteiger partial charge in [0, 0.05) is 190 Å². The van der Waals surface area contributed by atoms with Crippen LogP contribution < -0.4 is 76.9 Å². The van der Waals surface area contributed by atoms with Gasteiger partial charge in [0.05, 0.1) is 216 Å². The van der Waals surface area contributed by atoms with Gasteiger partial charge in [0.25, 0.3) is 0 Å². The number of unbranched alkanes of at least 4 members (excludes halogenated alkanes) is 4. The Bertz CT molecular complexity index is 3940. The second kappa shape index (κ2) is 50.6. The van der Waals surface area contributed by atoms with Gasteiger partial charge in [-0.2, -0.15) is 0 Å². The van der Waals surface area contributed by atoms with Gasteiger partial charge in [-0.25, -0.2) is 0 Å². The Morgan fingerprint density at radius 3 is 0.960 bits per heavy atom. The zero-order valence-corrected chi connectivity index (χ0v) is 79.2. The molecule has 1 unspecified atom stereocenters. The molecule has 0 radical (unpaired) electrons. The van der Waals surface area contributed by atoms with Crippen LogP contribution in [0.1, 0.15) is 71.1 Å². The first-order valence-corrected chi connectivity index (χ1v) is 48.0. The van der Waals surface area contributed by atoms with E-state index in [0.29, 0.717) is 25.9 Å². The van der Waals surface area contributed by atoms with Gasteiger partial charge in [-0.1, -0.05) is 0 Å². The third kappa shape index (κ3) is 33.8. The largest absolute Gasteiger partial charge is 0.489 e. The van der Waals surface area contributed by atoms with E-state index in [4.69, 9.17) is 80.8 Å². The van der Waals surface area contributed by atoms with E-state index in [1.54, 1.807) is 0 Å². The van der Waals surface area contributed by atoms with Crippen LogP contribution in [0.5, 0.6) is 28.7 Å². The van der Waals surface area contributed by atoms with Crippen molar-refractivity contribution in [3.8, 4) is 28.7 Å². The molecular formula is C97H167N18O11+5. The minimum atomic E-state index is 0.310. The minimum absolute atomic E-state index is 0.310. The molecule has 5 saturated heterocycles. The van der Waals surface area contributed by atoms with Crippen LogP contribution in [-0.2, 0) is 28.4 Å². The van der Waals surface area contributed by atoms with Crippen molar-refractivity contribution < 1.29 is 74.5 Å². The molecule has 0 spiro atoms. The number of fused-ring (bicyclic) bond motifs is 5. The van der Waals surface area contributed by atoms with Gasteiger partial charge in [-0.3, -0.25) is 14.7 Å². The summed E-state index contributed by atoms with van der Waals surface area (Å²) in [7, 11) is 18.6. The molecule has 5 fully saturated rings. The normalized spacial score (nSPS) is 19.9. The number of benzene rings is 5. The molecule has 10 N–H and O–H groups in total. The Kier molecular flexibility index (Phi) is 39.8. The van der Waals surface area contributed by atoms with Gasteiger partial charge in [0.2, 0.25) is 0 Å². The van der Waals surface area contributed by atoms with Crippen LogP contribution in [-0.4, -0.2) is 408 Å². The highest BCUT2D eigenvalue weighted by Gasteiger charge is 2.32. The molecule has 0 aromatic heterocycles. The van der Waals surface area contributed by atoms with Crippen LogP contribution in [0.3, 0.4) is 0 Å². The van der Waals surface area contributed by atoms with Gasteiger partial charge in [-0.15, -0.1) is 0 Å². The number of hydrogen-bond acceptors (Lipinski definition) is 24. The van der Waals surface area contributed by atoms with E-state index < -0.39 is 0 Å². The summed E-state index contributed by atoms with van der Waals surface area (Å²) < 4.78 is 69.2. The Hall–Kier alpha value is -7.46. The summed E-state index contributed by atoms with van der Waals surface area (Å²) in [6, 6.07) is 29.5. The number of ether oxygens (including phenoxy) is 11. The molecule has 0 amide bonds. The van der Waals surface area contributed by atoms with Crippen LogP contribution in [0.15, 0.2) is 91.0 Å². The van der Waals surface area contributed by atoms with Gasteiger partial charge < -0.3 is 128 Å². The van der Waals surface area contributed by atoms with Crippen molar-refractivity contribution >= 4 is 56.9 Å². The highest BCUT2D eigenvalue weighted by molar-refractivity contribution is 5.69. The molecule has 29 heteroatoms. The SMILES string of the molecule is CC(C[N+]1(C)CCCC1)OCCN1CCOc2cc(N)ccc21.C[N+]1(C)CCN(CCCOCCCCCN2CCOc3cc(N)ccc32)CC1.C[N+]1(C)CCN(CCCOCCN2CCOc3cc(N)ccc32)CC1.C[N+]1(C)CCN(CCOCCN2CCOc3cc(N)ccc32)CC1.C[N+]1(CCOCCCCCN2CCOc3cc(N)ccc32)CCOCC1. The summed E-state index contributed by atoms with van der Waals surface area (Å²) in [4.78, 5) is 19.5. The fraction of sp³-hybridized carbons (Fsp3) is 0.691. The number of nitrogens with zero attached hydrogens (tertiary/aromatic N) is 13. The Balaban J connectivity index is 0.000000153. The fourth-order valence-electron chi connectivity index (χ4n) is 18.2. The van der Waals surface area contributed by atoms with Crippen LogP contribution in [0, 0.1) is 0 Å². The Labute approximate surface area is 757 Å². The summed E-state index contributed by atoms with van der Waals surface area (Å²) in [5.41, 5.74) is 38.7. The van der Waals surface area contributed by atoms with Gasteiger partial charge in [0.15, 0.2) is 0 Å². The molecule has 0 bridgehead atoms. The predicted octanol–water partition coefficient (Wildman–Crippen LogP) is 8.82. The number of hydrogen-bond donors (Lipinski definition) is 5. The first kappa shape index (κ1) is 99.1. The van der Waals surface area contributed by atoms with Crippen molar-refractivity contribution in [1.29, 1.82) is 0 Å². The maximum atomic E-state index is 6.09. The van der Waals surface area contributed by atoms with Gasteiger partial charge in [-0.05, 0) is 119 Å². The number of anilines is 10. The third-order valence-corrected chi connectivity index (χ3v) is 26.8. The highest BCUT2D eigenvalue weighted by Crippen LogP contribution is 2.38. The van der Waals surface area contributed by atoms with Crippen molar-refractivity contribution in [2.45, 2.75) is 77.2 Å². The lowest BCUT2D eigenvalue weighted by atomic mass is 10.2. The molecule has 706 valence electrons. The quantitative estimate of drug-likeness (QED) is 0.0140. The standard InChI is InChI=1S/C22H39N4O2.C20H34N3O3.C19H33N4O2.C18H31N4O2.C18H30N3O2/c1-26(2)14-11-24(12-15-26)9-6-17-27-16-5-3-4-10-25-13-18-28-22-19-20(23)7-8-21(22)25;1-23(10-15-25-16-11-23)9-14-24-12-4-2-3-7-22-8-13-26-20-17-18(21)5-6-19(20)22;1-23(2)11-7-21(8-12-23)6-3-13-24-14-9-22-10-15-25-19-16-17(20)4-5-18(19)22;1-22(2)10-5-20(6-11-22)7-12-23-13-8-21-9-14-24-18-15-16(19)3-4-17(18)21;1-15(14-21(2)9-3-4-10-21)22-11-7-20-8-12-23-18-13-16(19)5-6-17(18)20/h7-8,19H,3-6,9-18,23H2,1-2H3;5-6,17H,2-4,7-16,21H2,1H3;4-5,16H,3,6-15,20H2,1-2H3;3-4,15H,5-14,19H2,1-2H3;5-6,13,15H,3-4,7-12,14,19H2,1-2H3/q5*+1. The fourth-order valence-corrected chi connectivity index (χ4v) is 18.2. The summed E-state index contributed by atoms with van der Waals surface area (Å²) >= 11 is 0. The first-order chi connectivity index (χ1) is 60.8. The van der Waals surface area contributed by atoms with Crippen molar-refractivity contribution in [2.24, 2.45) is 0 Å². The van der Waals surface area contributed by atoms with E-state index in [9.17, 15) is 0 Å². The summed E-state index contributed by atoms with van der Waals surface area (Å²) in [6.07, 6.45) is 12.3. The number of likely N-dealkylation sites (tertiary alicyclic amines) is 1. The van der Waals surface area contributed by atoms with Crippen LogP contribution in [0.25, 0.3) is 0 Å². The maximum absolute atomic E-state index is 6.09. The van der Waals surface area contributed by atoms with E-state index >= 15 is 0 Å². The first-order valence-electron chi connectivity index (χ1n) is 48.0. The number of rotatable bonds is 38. The summed E-state index contributed by atoms with van der Waals surface area (Å²) in [6.45, 7) is 49.6. The second-order valence-corrected chi connectivity index (χ2v) is 38.8. The molecule has 0 saturated carbocycles. The molecule has 15 rings (SSSR count). The number of likely N-dealkylation sites (N-methyl/N-ethyl adjacent to an activating group) is 5. The van der Waals surface area contributed by atoms with Gasteiger partial charge in [0.1, 0.15) is 94.1 Å². The molecular weight excluding hydrogens is 1590 g/mol. The van der Waals surface area contributed by atoms with Crippen molar-refractivity contribution in [3.63, 3.8) is 0 Å². The smallest absolute Gasteiger partial charge is 0.144 e. The Morgan fingerprint density at radius 2 is 0.595 bits per heavy atom. The maximum Gasteiger partial charge on any atom is 0.144 e. The van der Waals surface area contributed by atoms with E-state index in [0.717, 1.165) is 308 Å². The predicted molar refractivity (Wildman–Crippen MR) is 515 cm³/mol. The number of nitrogens with two attached hydrogens (primary N) is 5. The molecule has 10 heterocycles. The Morgan fingerprint density at radius 1 is 0.294 bits per heavy atom. The molecule has 5 aromatic rings. The molecule has 0 aliphatic carbocycles. The molecule has 1 atom stereocenters. The van der Waals surface area contributed by atoms with Crippen LogP contribution in [0.2, 0.25) is 0 Å². The van der Waals surface area contributed by atoms with E-state index in [-0.39, 0.29) is 0 Å². The summed E-state index contributed by atoms with van der Waals surface area (Å²) in [5, 5.41) is 0. The van der Waals surface area contributed by atoms with E-state index in [2.05, 4.69) is 115 Å². The molecule has 126 heavy (non-hydrogen) atoms. The number of piperazine rings is 3. The zero-order valence-electron chi connectivity index (χ0n) is 79.2. The number of nitrogen functional groups attached to an aromatic ring is 5. The summed E-state index contributed by atoms with van der Waals surface area (Å²) in [5.74, 6) is 4.50. The van der Waals surface area contributed by atoms with Gasteiger partial charge >= 0.3 is 0 Å². The average molecular weight is 1760 g/mol. The second-order valence-electron chi connectivity index (χ2n) is 38.8. The lowest BCUT2D eigenvalue weighted by Gasteiger charge is -2.39. The van der Waals surface area contributed by atoms with Crippen LogP contribution in [0.4, 0.5) is 56.9 Å². The topological polar surface area (TPSA) is 258 Å². The molecule has 10 aliphatic rings. The number of morpholine rings is 1. The molecule has 5 aromatic carbocycles. The van der Waals surface area contributed by atoms with Crippen LogP contribution >= 0.6 is 0 Å². The minimum Gasteiger partial charge on any atom is -0.489 e. The zero-order chi connectivity index (χ0) is 89.0. The lowest BCUT2D eigenvalue weighted by molar-refractivity contribution is -0.917. The van der Waals surface area contributed by atoms with Crippen molar-refractivity contribution in [3.05, 3.63) is 91.0 Å². The molecule has 10 aliphatic heterocycles. The third-order valence-electron chi connectivity index (χ3n) is 26.8.